The number of hydrogen-bond donors (Lipinski definition) is 0. The number of hydrogen-bond acceptors (Lipinski definition) is 0. The molecular weight excluding hydrogens is 685 g/mol. The van der Waals surface area contributed by atoms with Crippen LogP contribution in [0.1, 0.15) is 37.5 Å². The van der Waals surface area contributed by atoms with Crippen molar-refractivity contribution >= 4 is 43.1 Å². The molecular formula is C57H42. The molecule has 11 rings (SSSR count). The molecule has 0 N–H and O–H groups in total. The van der Waals surface area contributed by atoms with Crippen LogP contribution in [0, 0.1) is 0 Å². The van der Waals surface area contributed by atoms with Gasteiger partial charge in [0, 0.05) is 5.41 Å². The van der Waals surface area contributed by atoms with Gasteiger partial charge in [-0.25, -0.2) is 0 Å². The second-order valence-corrected chi connectivity index (χ2v) is 16.2. The minimum atomic E-state index is -0.0758. The molecule has 0 heterocycles. The van der Waals surface area contributed by atoms with Crippen molar-refractivity contribution in [3.63, 3.8) is 0 Å². The number of benzene rings is 10. The summed E-state index contributed by atoms with van der Waals surface area (Å²) >= 11 is 0. The highest BCUT2D eigenvalue weighted by atomic mass is 14.4. The zero-order valence-electron chi connectivity index (χ0n) is 32.6. The topological polar surface area (TPSA) is 0 Å². The normalized spacial score (nSPS) is 13.0. The van der Waals surface area contributed by atoms with E-state index in [1.165, 1.54) is 115 Å². The van der Waals surface area contributed by atoms with Gasteiger partial charge in [-0.3, -0.25) is 0 Å². The van der Waals surface area contributed by atoms with E-state index in [-0.39, 0.29) is 5.41 Å². The molecule has 0 radical (unpaired) electrons. The number of rotatable bonds is 5. The Morgan fingerprint density at radius 3 is 1.14 bits per heavy atom. The molecule has 1 aliphatic rings. The Kier molecular flexibility index (Phi) is 7.60. The zero-order chi connectivity index (χ0) is 38.3. The van der Waals surface area contributed by atoms with Gasteiger partial charge >= 0.3 is 0 Å². The van der Waals surface area contributed by atoms with E-state index >= 15 is 0 Å². The van der Waals surface area contributed by atoms with Crippen LogP contribution in [-0.2, 0) is 11.8 Å². The Morgan fingerprint density at radius 1 is 0.316 bits per heavy atom. The van der Waals surface area contributed by atoms with Crippen molar-refractivity contribution in [2.45, 2.75) is 32.6 Å². The SMILES string of the molecule is CCc1ccc(-c2ccc(-c3c4ccccc4c(-c4c5ccccc5c(-c5ccc6c(c5)C(C)(C)c5ccccc5-6)c5ccccc45)c4ccccc34)cc2)cc1. The fourth-order valence-electron chi connectivity index (χ4n) is 10.0. The van der Waals surface area contributed by atoms with Crippen LogP contribution in [-0.4, -0.2) is 0 Å². The van der Waals surface area contributed by atoms with E-state index in [0.29, 0.717) is 0 Å². The van der Waals surface area contributed by atoms with Crippen molar-refractivity contribution in [2.75, 3.05) is 0 Å². The third-order valence-corrected chi connectivity index (χ3v) is 12.9. The summed E-state index contributed by atoms with van der Waals surface area (Å²) in [4.78, 5) is 0. The second kappa shape index (κ2) is 12.9. The van der Waals surface area contributed by atoms with E-state index in [2.05, 4.69) is 209 Å². The molecule has 10 aromatic rings. The van der Waals surface area contributed by atoms with Crippen LogP contribution >= 0.6 is 0 Å². The molecule has 0 fully saturated rings. The largest absolute Gasteiger partial charge is 0.0619 e. The van der Waals surface area contributed by atoms with E-state index in [1.54, 1.807) is 0 Å². The molecule has 0 aromatic heterocycles. The molecule has 57 heavy (non-hydrogen) atoms. The summed E-state index contributed by atoms with van der Waals surface area (Å²) < 4.78 is 0. The Labute approximate surface area is 334 Å². The Hall–Kier alpha value is -6.76. The highest BCUT2D eigenvalue weighted by Gasteiger charge is 2.35. The first kappa shape index (κ1) is 33.6. The van der Waals surface area contributed by atoms with Crippen molar-refractivity contribution in [3.05, 3.63) is 205 Å². The van der Waals surface area contributed by atoms with Crippen molar-refractivity contribution in [2.24, 2.45) is 0 Å². The van der Waals surface area contributed by atoms with Gasteiger partial charge in [-0.15, -0.1) is 0 Å². The number of fused-ring (bicyclic) bond motifs is 7. The fraction of sp³-hybridized carbons (Fsp3) is 0.0877. The number of aryl methyl sites for hydroxylation is 1. The van der Waals surface area contributed by atoms with Gasteiger partial charge < -0.3 is 0 Å². The van der Waals surface area contributed by atoms with E-state index < -0.39 is 0 Å². The summed E-state index contributed by atoms with van der Waals surface area (Å²) in [7, 11) is 0. The van der Waals surface area contributed by atoms with Gasteiger partial charge in [-0.1, -0.05) is 203 Å². The van der Waals surface area contributed by atoms with Crippen LogP contribution in [0.2, 0.25) is 0 Å². The lowest BCUT2D eigenvalue weighted by Gasteiger charge is -2.24. The highest BCUT2D eigenvalue weighted by Crippen LogP contribution is 2.53. The predicted molar refractivity (Wildman–Crippen MR) is 245 cm³/mol. The average Bonchev–Trinajstić information content (AvgIpc) is 3.50. The van der Waals surface area contributed by atoms with Crippen LogP contribution in [0.15, 0.2) is 188 Å². The van der Waals surface area contributed by atoms with Crippen molar-refractivity contribution in [1.29, 1.82) is 0 Å². The molecule has 0 atom stereocenters. The summed E-state index contributed by atoms with van der Waals surface area (Å²) in [6.07, 6.45) is 1.05. The summed E-state index contributed by atoms with van der Waals surface area (Å²) in [6.45, 7) is 6.96. The Morgan fingerprint density at radius 2 is 0.667 bits per heavy atom. The van der Waals surface area contributed by atoms with Crippen molar-refractivity contribution in [1.82, 2.24) is 0 Å². The lowest BCUT2D eigenvalue weighted by Crippen LogP contribution is -2.14. The molecule has 0 heteroatoms. The quantitative estimate of drug-likeness (QED) is 0.155. The van der Waals surface area contributed by atoms with Gasteiger partial charge in [0.1, 0.15) is 0 Å². The lowest BCUT2D eigenvalue weighted by molar-refractivity contribution is 0.660. The van der Waals surface area contributed by atoms with E-state index in [0.717, 1.165) is 6.42 Å². The van der Waals surface area contributed by atoms with Gasteiger partial charge in [0.2, 0.25) is 0 Å². The lowest BCUT2D eigenvalue weighted by atomic mass is 9.79. The maximum atomic E-state index is 2.48. The van der Waals surface area contributed by atoms with Crippen molar-refractivity contribution in [3.8, 4) is 55.6 Å². The van der Waals surface area contributed by atoms with Gasteiger partial charge in [0.25, 0.3) is 0 Å². The monoisotopic (exact) mass is 726 g/mol. The van der Waals surface area contributed by atoms with Crippen molar-refractivity contribution < 1.29 is 0 Å². The first-order chi connectivity index (χ1) is 28.0. The maximum absolute atomic E-state index is 2.48. The molecule has 0 amide bonds. The minimum absolute atomic E-state index is 0.0758. The fourth-order valence-corrected chi connectivity index (χ4v) is 10.0. The Bertz CT molecular complexity index is 3100. The van der Waals surface area contributed by atoms with Gasteiger partial charge in [-0.2, -0.15) is 0 Å². The molecule has 270 valence electrons. The molecule has 0 saturated carbocycles. The molecule has 0 unspecified atom stereocenters. The third-order valence-electron chi connectivity index (χ3n) is 12.9. The van der Waals surface area contributed by atoms with E-state index in [4.69, 9.17) is 0 Å². The standard InChI is InChI=1S/C57H42/c1-4-36-25-27-37(28-26-36)38-29-31-39(32-30-38)53-43-16-5-9-20-47(43)55(48-21-10-6-17-44(48)53)56-49-22-11-7-18-45(49)54(46-19-8-12-23-50(46)56)40-33-34-42-41-15-13-14-24-51(41)57(2,3)52(42)35-40/h5-35H,4H2,1-3H3. The molecule has 10 aromatic carbocycles. The summed E-state index contributed by atoms with van der Waals surface area (Å²) in [5.74, 6) is 0. The van der Waals surface area contributed by atoms with E-state index in [1.807, 2.05) is 0 Å². The first-order valence-corrected chi connectivity index (χ1v) is 20.3. The van der Waals surface area contributed by atoms with Crippen LogP contribution in [0.25, 0.3) is 98.7 Å². The third kappa shape index (κ3) is 5.07. The molecule has 0 bridgehead atoms. The van der Waals surface area contributed by atoms with Gasteiger partial charge in [0.05, 0.1) is 0 Å². The molecule has 1 aliphatic carbocycles. The zero-order valence-corrected chi connectivity index (χ0v) is 32.6. The Balaban J connectivity index is 1.16. The van der Waals surface area contributed by atoms with Crippen LogP contribution in [0.5, 0.6) is 0 Å². The van der Waals surface area contributed by atoms with Crippen LogP contribution < -0.4 is 0 Å². The minimum Gasteiger partial charge on any atom is -0.0619 e. The summed E-state index contributed by atoms with van der Waals surface area (Å²) in [6, 6.07) is 70.6. The van der Waals surface area contributed by atoms with Crippen LogP contribution in [0.4, 0.5) is 0 Å². The maximum Gasteiger partial charge on any atom is 0.0159 e. The second-order valence-electron chi connectivity index (χ2n) is 16.2. The smallest absolute Gasteiger partial charge is 0.0159 e. The summed E-state index contributed by atoms with van der Waals surface area (Å²) in [5, 5.41) is 10.2. The molecule has 0 nitrogen and oxygen atoms in total. The molecule has 0 aliphatic heterocycles. The summed E-state index contributed by atoms with van der Waals surface area (Å²) in [5.41, 5.74) is 17.0. The molecule has 0 saturated heterocycles. The van der Waals surface area contributed by atoms with E-state index in [9.17, 15) is 0 Å². The van der Waals surface area contributed by atoms with Crippen LogP contribution in [0.3, 0.4) is 0 Å². The van der Waals surface area contributed by atoms with Gasteiger partial charge in [-0.05, 0) is 128 Å². The predicted octanol–water partition coefficient (Wildman–Crippen LogP) is 15.8. The van der Waals surface area contributed by atoms with Gasteiger partial charge in [0.15, 0.2) is 0 Å². The molecule has 0 spiro atoms. The first-order valence-electron chi connectivity index (χ1n) is 20.3. The average molecular weight is 727 g/mol. The highest BCUT2D eigenvalue weighted by molar-refractivity contribution is 6.30.